The molecule has 0 aromatic heterocycles. The summed E-state index contributed by atoms with van der Waals surface area (Å²) in [6, 6.07) is 19.2. The zero-order valence-corrected chi connectivity index (χ0v) is 25.0. The molecule has 7 nitrogen and oxygen atoms in total. The van der Waals surface area contributed by atoms with E-state index in [9.17, 15) is 9.59 Å². The molecule has 9 heteroatoms. The van der Waals surface area contributed by atoms with Crippen LogP contribution < -0.4 is 15.4 Å². The second-order valence-corrected chi connectivity index (χ2v) is 12.6. The summed E-state index contributed by atoms with van der Waals surface area (Å²) in [6.45, 7) is 2.93. The van der Waals surface area contributed by atoms with Gasteiger partial charge in [-0.05, 0) is 74.1 Å². The van der Waals surface area contributed by atoms with Gasteiger partial charge in [0.2, 0.25) is 5.91 Å². The van der Waals surface area contributed by atoms with Gasteiger partial charge in [0.25, 0.3) is 0 Å². The van der Waals surface area contributed by atoms with E-state index < -0.39 is 5.54 Å². The van der Waals surface area contributed by atoms with Crippen molar-refractivity contribution in [2.45, 2.75) is 55.8 Å². The third-order valence-electron chi connectivity index (χ3n) is 9.41. The van der Waals surface area contributed by atoms with E-state index in [1.807, 2.05) is 42.5 Å². The Labute approximate surface area is 255 Å². The fourth-order valence-corrected chi connectivity index (χ4v) is 7.96. The molecule has 0 unspecified atom stereocenters. The molecule has 42 heavy (non-hydrogen) atoms. The monoisotopic (exact) mass is 605 g/mol. The van der Waals surface area contributed by atoms with Crippen LogP contribution in [-0.2, 0) is 15.1 Å². The van der Waals surface area contributed by atoms with E-state index in [2.05, 4.69) is 21.6 Å². The Bertz CT molecular complexity index is 1580. The molecule has 2 saturated heterocycles. The average molecular weight is 607 g/mol. The summed E-state index contributed by atoms with van der Waals surface area (Å²) >= 11 is 13.0. The molecule has 4 aliphatic rings. The largest absolute Gasteiger partial charge is 0.496 e. The summed E-state index contributed by atoms with van der Waals surface area (Å²) < 4.78 is 11.0. The van der Waals surface area contributed by atoms with Crippen LogP contribution in [-0.4, -0.2) is 49.1 Å². The fraction of sp³-hybridized carbons (Fsp3) is 0.394. The highest BCUT2D eigenvalue weighted by Crippen LogP contribution is 2.61. The number of hydrogen-bond donors (Lipinski definition) is 2. The lowest BCUT2D eigenvalue weighted by Gasteiger charge is -2.41. The molecule has 7 rings (SSSR count). The molecule has 3 fully saturated rings. The number of benzene rings is 3. The molecule has 3 aliphatic heterocycles. The maximum atomic E-state index is 14.4. The first-order valence-electron chi connectivity index (χ1n) is 14.6. The number of nitrogens with one attached hydrogen (secondary N) is 2. The molecule has 1 saturated carbocycles. The molecule has 0 bridgehead atoms. The van der Waals surface area contributed by atoms with Gasteiger partial charge in [-0.2, -0.15) is 0 Å². The number of ether oxygens (including phenoxy) is 2. The third kappa shape index (κ3) is 4.32. The Morgan fingerprint density at radius 2 is 1.88 bits per heavy atom. The standard InChI is InChI=1S/C33H33Cl2N3O4/c1-3-42-31(39)20-9-11-23(28(14-20)41-2)25-16-27-30(36-25)29(19-5-4-6-21(34)13-19)33(38(27)17-18-7-8-18)24-12-10-22(35)15-26(24)37-32(33)40/h4-6,9-15,18,25,27,29-30,36H,3,7-8,16-17H2,1-2H3,(H,37,40)/t25-,27-,29-,30+,33+/m0/s1. The zero-order valence-electron chi connectivity index (χ0n) is 23.5. The van der Waals surface area contributed by atoms with E-state index in [1.54, 1.807) is 26.2 Å². The highest BCUT2D eigenvalue weighted by Gasteiger charge is 2.68. The quantitative estimate of drug-likeness (QED) is 0.307. The lowest BCUT2D eigenvalue weighted by atomic mass is 9.74. The van der Waals surface area contributed by atoms with Gasteiger partial charge in [0.1, 0.15) is 11.3 Å². The highest BCUT2D eigenvalue weighted by molar-refractivity contribution is 6.31. The lowest BCUT2D eigenvalue weighted by molar-refractivity contribution is -0.128. The number of carbonyl (C=O) groups excluding carboxylic acids is 2. The Hall–Kier alpha value is -3.10. The number of hydrogen-bond acceptors (Lipinski definition) is 6. The average Bonchev–Trinajstić information content (AvgIpc) is 3.55. The summed E-state index contributed by atoms with van der Waals surface area (Å²) in [5, 5.41) is 8.36. The molecule has 0 radical (unpaired) electrons. The second-order valence-electron chi connectivity index (χ2n) is 11.8. The molecule has 218 valence electrons. The van der Waals surface area contributed by atoms with E-state index in [0.717, 1.165) is 35.3 Å². The van der Waals surface area contributed by atoms with Gasteiger partial charge in [-0.3, -0.25) is 9.69 Å². The molecular weight excluding hydrogens is 573 g/mol. The van der Waals surface area contributed by atoms with Crippen LogP contribution in [0, 0.1) is 5.92 Å². The number of rotatable bonds is 7. The van der Waals surface area contributed by atoms with Crippen molar-refractivity contribution < 1.29 is 19.1 Å². The maximum Gasteiger partial charge on any atom is 0.338 e. The summed E-state index contributed by atoms with van der Waals surface area (Å²) in [7, 11) is 1.62. The number of esters is 1. The molecular formula is C33H33Cl2N3O4. The van der Waals surface area contributed by atoms with Crippen molar-refractivity contribution in [2.75, 3.05) is 25.6 Å². The first-order valence-corrected chi connectivity index (χ1v) is 15.4. The predicted octanol–water partition coefficient (Wildman–Crippen LogP) is 6.31. The first kappa shape index (κ1) is 27.7. The zero-order chi connectivity index (χ0) is 29.2. The van der Waals surface area contributed by atoms with Gasteiger partial charge in [0.15, 0.2) is 0 Å². The van der Waals surface area contributed by atoms with E-state index in [-0.39, 0.29) is 35.9 Å². The normalized spacial score (nSPS) is 28.0. The Morgan fingerprint density at radius 3 is 2.62 bits per heavy atom. The van der Waals surface area contributed by atoms with Gasteiger partial charge in [-0.1, -0.05) is 47.5 Å². The SMILES string of the molecule is CCOC(=O)c1ccc([C@@H]2C[C@H]3[C@@H](N2)[C@H](c2cccc(Cl)c2)[C@]2(C(=O)Nc4cc(Cl)ccc42)N3CC2CC2)c(OC)c1. The van der Waals surface area contributed by atoms with E-state index in [1.165, 1.54) is 12.8 Å². The molecule has 1 aliphatic carbocycles. The van der Waals surface area contributed by atoms with Crippen LogP contribution >= 0.6 is 23.2 Å². The molecule has 3 aromatic carbocycles. The number of fused-ring (bicyclic) bond motifs is 3. The summed E-state index contributed by atoms with van der Waals surface area (Å²) in [4.78, 5) is 29.3. The van der Waals surface area contributed by atoms with Crippen molar-refractivity contribution in [3.63, 3.8) is 0 Å². The Balaban J connectivity index is 1.35. The summed E-state index contributed by atoms with van der Waals surface area (Å²) in [5.41, 5.74) is 3.29. The molecule has 5 atom stereocenters. The maximum absolute atomic E-state index is 14.4. The van der Waals surface area contributed by atoms with Crippen LogP contribution in [0.2, 0.25) is 10.0 Å². The number of anilines is 1. The van der Waals surface area contributed by atoms with Crippen molar-refractivity contribution in [2.24, 2.45) is 5.92 Å². The molecule has 1 amide bonds. The number of methoxy groups -OCH3 is 1. The van der Waals surface area contributed by atoms with Crippen molar-refractivity contribution in [3.8, 4) is 5.75 Å². The number of halogens is 2. The van der Waals surface area contributed by atoms with Crippen molar-refractivity contribution in [3.05, 3.63) is 93.0 Å². The minimum atomic E-state index is -0.904. The van der Waals surface area contributed by atoms with Crippen molar-refractivity contribution in [1.29, 1.82) is 0 Å². The van der Waals surface area contributed by atoms with Gasteiger partial charge in [-0.25, -0.2) is 4.79 Å². The van der Waals surface area contributed by atoms with E-state index in [0.29, 0.717) is 33.9 Å². The number of nitrogens with zero attached hydrogens (tertiary/aromatic N) is 1. The van der Waals surface area contributed by atoms with Crippen LogP contribution in [0.5, 0.6) is 5.75 Å². The molecule has 1 spiro atoms. The minimum absolute atomic E-state index is 0.0190. The van der Waals surface area contributed by atoms with Gasteiger partial charge in [0.05, 0.1) is 19.3 Å². The first-order chi connectivity index (χ1) is 20.3. The van der Waals surface area contributed by atoms with E-state index in [4.69, 9.17) is 32.7 Å². The number of carbonyl (C=O) groups is 2. The van der Waals surface area contributed by atoms with Gasteiger partial charge < -0.3 is 20.1 Å². The van der Waals surface area contributed by atoms with Crippen LogP contribution in [0.3, 0.4) is 0 Å². The fourth-order valence-electron chi connectivity index (χ4n) is 7.59. The smallest absolute Gasteiger partial charge is 0.338 e. The third-order valence-corrected chi connectivity index (χ3v) is 9.88. The van der Waals surface area contributed by atoms with Gasteiger partial charge in [0, 0.05) is 57.4 Å². The van der Waals surface area contributed by atoms with Crippen LogP contribution in [0.15, 0.2) is 60.7 Å². The molecule has 3 heterocycles. The summed E-state index contributed by atoms with van der Waals surface area (Å²) in [6.07, 6.45) is 3.11. The van der Waals surface area contributed by atoms with Crippen LogP contribution in [0.25, 0.3) is 0 Å². The molecule has 2 N–H and O–H groups in total. The van der Waals surface area contributed by atoms with Gasteiger partial charge in [-0.15, -0.1) is 0 Å². The van der Waals surface area contributed by atoms with Crippen LogP contribution in [0.4, 0.5) is 5.69 Å². The van der Waals surface area contributed by atoms with Gasteiger partial charge >= 0.3 is 5.97 Å². The molecule has 3 aromatic rings. The lowest BCUT2D eigenvalue weighted by Crippen LogP contribution is -2.53. The second kappa shape index (κ2) is 10.6. The summed E-state index contributed by atoms with van der Waals surface area (Å²) in [5.74, 6) is 0.594. The van der Waals surface area contributed by atoms with Crippen molar-refractivity contribution in [1.82, 2.24) is 10.2 Å². The number of likely N-dealkylation sites (tertiary alicyclic amines) is 1. The van der Waals surface area contributed by atoms with Crippen molar-refractivity contribution >= 4 is 40.8 Å². The number of amides is 1. The Kier molecular flexibility index (Phi) is 6.97. The minimum Gasteiger partial charge on any atom is -0.496 e. The Morgan fingerprint density at radius 1 is 1.07 bits per heavy atom. The van der Waals surface area contributed by atoms with Crippen LogP contribution in [0.1, 0.15) is 65.2 Å². The topological polar surface area (TPSA) is 79.9 Å². The highest BCUT2D eigenvalue weighted by atomic mass is 35.5. The van der Waals surface area contributed by atoms with E-state index >= 15 is 0 Å². The predicted molar refractivity (Wildman–Crippen MR) is 162 cm³/mol.